The lowest BCUT2D eigenvalue weighted by atomic mass is 9.76. The molecule has 0 spiro atoms. The van der Waals surface area contributed by atoms with Gasteiger partial charge in [-0.2, -0.15) is 0 Å². The van der Waals surface area contributed by atoms with E-state index >= 15 is 0 Å². The molecule has 0 radical (unpaired) electrons. The van der Waals surface area contributed by atoms with Crippen LogP contribution >= 0.6 is 8.58 Å². The standard InChI is InChI=1S/C12H25OP/c1-4-12(5-2,14-3)10-6-8-11(13)9-7-10/h10-11,13-14H,4-9H2,1-3H3. The van der Waals surface area contributed by atoms with E-state index in [4.69, 9.17) is 0 Å². The smallest absolute Gasteiger partial charge is 0.0540 e. The van der Waals surface area contributed by atoms with Crippen LogP contribution in [0.25, 0.3) is 0 Å². The number of rotatable bonds is 4. The Labute approximate surface area is 90.5 Å². The third-order valence-electron chi connectivity index (χ3n) is 4.24. The van der Waals surface area contributed by atoms with Crippen LogP contribution in [0.3, 0.4) is 0 Å². The van der Waals surface area contributed by atoms with Crippen LogP contribution in [-0.4, -0.2) is 23.0 Å². The quantitative estimate of drug-likeness (QED) is 0.714. The van der Waals surface area contributed by atoms with E-state index in [1.54, 1.807) is 0 Å². The molecule has 1 rings (SSSR count). The molecule has 1 atom stereocenters. The van der Waals surface area contributed by atoms with E-state index in [0.29, 0.717) is 5.16 Å². The van der Waals surface area contributed by atoms with Crippen molar-refractivity contribution in [1.29, 1.82) is 0 Å². The summed E-state index contributed by atoms with van der Waals surface area (Å²) >= 11 is 0. The molecule has 1 saturated carbocycles. The van der Waals surface area contributed by atoms with Gasteiger partial charge in [-0.25, -0.2) is 0 Å². The third kappa shape index (κ3) is 2.49. The van der Waals surface area contributed by atoms with Gasteiger partial charge in [-0.15, -0.1) is 8.58 Å². The zero-order chi connectivity index (χ0) is 10.6. The van der Waals surface area contributed by atoms with Crippen LogP contribution in [-0.2, 0) is 0 Å². The number of hydrogen-bond acceptors (Lipinski definition) is 1. The Bertz CT molecular complexity index is 149. The number of hydrogen-bond donors (Lipinski definition) is 1. The highest BCUT2D eigenvalue weighted by Gasteiger charge is 2.36. The molecule has 1 aliphatic carbocycles. The summed E-state index contributed by atoms with van der Waals surface area (Å²) in [5.41, 5.74) is 0. The minimum atomic E-state index is -0.00199. The highest BCUT2D eigenvalue weighted by molar-refractivity contribution is 7.39. The van der Waals surface area contributed by atoms with Crippen molar-refractivity contribution in [1.82, 2.24) is 0 Å². The summed E-state index contributed by atoms with van der Waals surface area (Å²) in [6.07, 6.45) is 7.22. The highest BCUT2D eigenvalue weighted by atomic mass is 31.1. The van der Waals surface area contributed by atoms with Gasteiger partial charge in [0.05, 0.1) is 6.10 Å². The van der Waals surface area contributed by atoms with Crippen molar-refractivity contribution in [2.45, 2.75) is 63.6 Å². The molecule has 0 aromatic rings. The molecule has 1 nitrogen and oxygen atoms in total. The molecule has 1 aliphatic rings. The van der Waals surface area contributed by atoms with Crippen LogP contribution in [0, 0.1) is 5.92 Å². The third-order valence-corrected chi connectivity index (χ3v) is 6.35. The molecule has 1 unspecified atom stereocenters. The first-order valence-corrected chi connectivity index (χ1v) is 7.55. The first kappa shape index (κ1) is 12.5. The maximum Gasteiger partial charge on any atom is 0.0540 e. The molecule has 1 N–H and O–H groups in total. The maximum atomic E-state index is 9.51. The van der Waals surface area contributed by atoms with Crippen molar-refractivity contribution < 1.29 is 5.11 Å². The fourth-order valence-corrected chi connectivity index (χ4v) is 4.42. The van der Waals surface area contributed by atoms with Crippen LogP contribution in [0.15, 0.2) is 0 Å². The van der Waals surface area contributed by atoms with E-state index in [2.05, 4.69) is 20.5 Å². The second-order valence-electron chi connectivity index (χ2n) is 4.62. The molecular weight excluding hydrogens is 191 g/mol. The summed E-state index contributed by atoms with van der Waals surface area (Å²) in [4.78, 5) is 0. The minimum Gasteiger partial charge on any atom is -0.393 e. The summed E-state index contributed by atoms with van der Waals surface area (Å²) in [6.45, 7) is 7.04. The topological polar surface area (TPSA) is 20.2 Å². The van der Waals surface area contributed by atoms with E-state index in [0.717, 1.165) is 27.3 Å². The largest absolute Gasteiger partial charge is 0.393 e. The fourth-order valence-electron chi connectivity index (χ4n) is 3.01. The van der Waals surface area contributed by atoms with Crippen LogP contribution in [0.5, 0.6) is 0 Å². The van der Waals surface area contributed by atoms with Crippen molar-refractivity contribution in [3.05, 3.63) is 0 Å². The average Bonchev–Trinajstić information content (AvgIpc) is 2.24. The molecule has 0 amide bonds. The van der Waals surface area contributed by atoms with Gasteiger partial charge in [0.2, 0.25) is 0 Å². The zero-order valence-corrected chi connectivity index (χ0v) is 10.8. The van der Waals surface area contributed by atoms with Crippen molar-refractivity contribution >= 4 is 8.58 Å². The van der Waals surface area contributed by atoms with Gasteiger partial charge in [0.25, 0.3) is 0 Å². The Morgan fingerprint density at radius 1 is 1.14 bits per heavy atom. The lowest BCUT2D eigenvalue weighted by Gasteiger charge is -2.42. The van der Waals surface area contributed by atoms with Crippen LogP contribution in [0.2, 0.25) is 0 Å². The minimum absolute atomic E-state index is 0.00199. The summed E-state index contributed by atoms with van der Waals surface area (Å²) < 4.78 is 0. The molecule has 0 aliphatic heterocycles. The van der Waals surface area contributed by atoms with Gasteiger partial charge in [-0.1, -0.05) is 13.8 Å². The molecular formula is C12H25OP. The summed E-state index contributed by atoms with van der Waals surface area (Å²) in [6, 6.07) is 0. The van der Waals surface area contributed by atoms with E-state index in [9.17, 15) is 5.11 Å². The number of aliphatic hydroxyl groups is 1. The van der Waals surface area contributed by atoms with Crippen molar-refractivity contribution in [3.63, 3.8) is 0 Å². The molecule has 0 aromatic carbocycles. The monoisotopic (exact) mass is 216 g/mol. The van der Waals surface area contributed by atoms with Crippen molar-refractivity contribution in [2.24, 2.45) is 5.92 Å². The molecule has 0 aromatic heterocycles. The highest BCUT2D eigenvalue weighted by Crippen LogP contribution is 2.47. The summed E-state index contributed by atoms with van der Waals surface area (Å²) in [5.74, 6) is 0.879. The molecule has 0 saturated heterocycles. The lowest BCUT2D eigenvalue weighted by Crippen LogP contribution is -2.35. The van der Waals surface area contributed by atoms with Gasteiger partial charge in [-0.3, -0.25) is 0 Å². The lowest BCUT2D eigenvalue weighted by molar-refractivity contribution is 0.0952. The molecule has 0 heterocycles. The Kier molecular flexibility index (Phi) is 4.87. The normalized spacial score (nSPS) is 30.0. The van der Waals surface area contributed by atoms with Gasteiger partial charge in [0, 0.05) is 0 Å². The van der Waals surface area contributed by atoms with Gasteiger partial charge in [-0.05, 0) is 56.3 Å². The summed E-state index contributed by atoms with van der Waals surface area (Å²) in [7, 11) is 1.06. The van der Waals surface area contributed by atoms with Crippen molar-refractivity contribution in [3.8, 4) is 0 Å². The predicted octanol–water partition coefficient (Wildman–Crippen LogP) is 3.40. The predicted molar refractivity (Wildman–Crippen MR) is 65.5 cm³/mol. The zero-order valence-electron chi connectivity index (χ0n) is 9.84. The van der Waals surface area contributed by atoms with Gasteiger partial charge < -0.3 is 5.11 Å². The van der Waals surface area contributed by atoms with Crippen LogP contribution in [0.1, 0.15) is 52.4 Å². The Hall–Kier alpha value is 0.390. The second-order valence-corrected chi connectivity index (χ2v) is 6.11. The first-order valence-electron chi connectivity index (χ1n) is 6.05. The number of aliphatic hydroxyl groups excluding tert-OH is 1. The summed E-state index contributed by atoms with van der Waals surface area (Å²) in [5, 5.41) is 10.1. The van der Waals surface area contributed by atoms with Crippen LogP contribution in [0.4, 0.5) is 0 Å². The Morgan fingerprint density at radius 3 is 2.00 bits per heavy atom. The Balaban J connectivity index is 2.60. The fraction of sp³-hybridized carbons (Fsp3) is 1.00. The second kappa shape index (κ2) is 5.47. The van der Waals surface area contributed by atoms with Gasteiger partial charge >= 0.3 is 0 Å². The molecule has 14 heavy (non-hydrogen) atoms. The molecule has 84 valence electrons. The van der Waals surface area contributed by atoms with Crippen molar-refractivity contribution in [2.75, 3.05) is 6.66 Å². The van der Waals surface area contributed by atoms with E-state index in [1.165, 1.54) is 25.7 Å². The maximum absolute atomic E-state index is 9.51. The van der Waals surface area contributed by atoms with E-state index in [1.807, 2.05) is 0 Å². The molecule has 2 heteroatoms. The van der Waals surface area contributed by atoms with Gasteiger partial charge in [0.1, 0.15) is 0 Å². The molecule has 0 bridgehead atoms. The van der Waals surface area contributed by atoms with E-state index in [-0.39, 0.29) is 6.10 Å². The van der Waals surface area contributed by atoms with E-state index < -0.39 is 0 Å². The first-order chi connectivity index (χ1) is 6.68. The Morgan fingerprint density at radius 2 is 1.64 bits per heavy atom. The van der Waals surface area contributed by atoms with Gasteiger partial charge in [0.15, 0.2) is 0 Å². The van der Waals surface area contributed by atoms with Crippen LogP contribution < -0.4 is 0 Å². The molecule has 1 fully saturated rings. The average molecular weight is 216 g/mol. The SMILES string of the molecule is CCC(CC)(PC)C1CCC(O)CC1.